The van der Waals surface area contributed by atoms with Gasteiger partial charge in [0.15, 0.2) is 0 Å². The van der Waals surface area contributed by atoms with Gasteiger partial charge in [-0.05, 0) is 31.8 Å². The van der Waals surface area contributed by atoms with Crippen LogP contribution in [0.4, 0.5) is 0 Å². The van der Waals surface area contributed by atoms with Crippen molar-refractivity contribution in [3.8, 4) is 0 Å². The fourth-order valence-electron chi connectivity index (χ4n) is 2.63. The van der Waals surface area contributed by atoms with E-state index in [0.717, 1.165) is 32.8 Å². The molecule has 2 heterocycles. The minimum atomic E-state index is 0.523. The van der Waals surface area contributed by atoms with Crippen molar-refractivity contribution in [2.75, 3.05) is 26.3 Å². The van der Waals surface area contributed by atoms with Crippen molar-refractivity contribution >= 4 is 11.3 Å². The van der Waals surface area contributed by atoms with Crippen LogP contribution < -0.4 is 5.32 Å². The lowest BCUT2D eigenvalue weighted by Gasteiger charge is -2.30. The Morgan fingerprint density at radius 1 is 1.47 bits per heavy atom. The van der Waals surface area contributed by atoms with Crippen molar-refractivity contribution < 1.29 is 4.74 Å². The van der Waals surface area contributed by atoms with E-state index < -0.39 is 0 Å². The maximum atomic E-state index is 5.65. The predicted molar refractivity (Wildman–Crippen MR) is 81.6 cm³/mol. The monoisotopic (exact) mass is 282 g/mol. The number of hydrogen-bond donors (Lipinski definition) is 1. The summed E-state index contributed by atoms with van der Waals surface area (Å²) in [5.74, 6) is 0.613. The van der Waals surface area contributed by atoms with E-state index in [2.05, 4.69) is 48.5 Å². The van der Waals surface area contributed by atoms with Crippen LogP contribution in [0.3, 0.4) is 0 Å². The van der Waals surface area contributed by atoms with Gasteiger partial charge in [0.05, 0.1) is 13.2 Å². The first-order valence-electron chi connectivity index (χ1n) is 7.28. The zero-order valence-electron chi connectivity index (χ0n) is 12.3. The second-order valence-corrected chi connectivity index (χ2v) is 6.60. The van der Waals surface area contributed by atoms with E-state index in [1.54, 1.807) is 0 Å². The topological polar surface area (TPSA) is 24.5 Å². The average molecular weight is 282 g/mol. The van der Waals surface area contributed by atoms with E-state index in [-0.39, 0.29) is 0 Å². The molecule has 1 aliphatic rings. The Morgan fingerprint density at radius 2 is 2.32 bits per heavy atom. The average Bonchev–Trinajstić information content (AvgIpc) is 3.01. The highest BCUT2D eigenvalue weighted by molar-refractivity contribution is 7.09. The molecule has 1 aromatic heterocycles. The molecule has 2 unspecified atom stereocenters. The minimum Gasteiger partial charge on any atom is -0.379 e. The lowest BCUT2D eigenvalue weighted by molar-refractivity contribution is 0.148. The number of likely N-dealkylation sites (N-methyl/N-ethyl adjacent to an activating group) is 1. The first kappa shape index (κ1) is 15.0. The van der Waals surface area contributed by atoms with Crippen LogP contribution in [-0.4, -0.2) is 43.3 Å². The number of rotatable bonds is 7. The molecule has 1 aliphatic heterocycles. The molecule has 19 heavy (non-hydrogen) atoms. The van der Waals surface area contributed by atoms with Crippen molar-refractivity contribution in [1.82, 2.24) is 10.2 Å². The van der Waals surface area contributed by atoms with E-state index in [1.165, 1.54) is 4.88 Å². The maximum absolute atomic E-state index is 5.65. The molecule has 1 aromatic rings. The van der Waals surface area contributed by atoms with E-state index in [1.807, 2.05) is 11.3 Å². The summed E-state index contributed by atoms with van der Waals surface area (Å²) in [6.45, 7) is 11.7. The van der Waals surface area contributed by atoms with Gasteiger partial charge in [0.2, 0.25) is 0 Å². The standard InChI is InChI=1S/C15H26N2OS/c1-4-16-15-11-18-10-13(15)8-17(12(2)3)9-14-6-5-7-19-14/h5-7,12-13,15-16H,4,8-11H2,1-3H3. The van der Waals surface area contributed by atoms with Crippen LogP contribution in [0.2, 0.25) is 0 Å². The molecular weight excluding hydrogens is 256 g/mol. The van der Waals surface area contributed by atoms with Gasteiger partial charge in [0.25, 0.3) is 0 Å². The molecule has 2 rings (SSSR count). The summed E-state index contributed by atoms with van der Waals surface area (Å²) < 4.78 is 5.65. The Balaban J connectivity index is 1.92. The van der Waals surface area contributed by atoms with Crippen LogP contribution in [-0.2, 0) is 11.3 Å². The summed E-state index contributed by atoms with van der Waals surface area (Å²) in [6.07, 6.45) is 0. The molecule has 1 fully saturated rings. The predicted octanol–water partition coefficient (Wildman–Crippen LogP) is 2.58. The first-order chi connectivity index (χ1) is 9.20. The van der Waals surface area contributed by atoms with Crippen molar-refractivity contribution in [2.45, 2.75) is 39.4 Å². The summed E-state index contributed by atoms with van der Waals surface area (Å²) in [5, 5.41) is 5.71. The molecule has 3 nitrogen and oxygen atoms in total. The maximum Gasteiger partial charge on any atom is 0.0623 e. The third-order valence-electron chi connectivity index (χ3n) is 3.80. The molecule has 0 amide bonds. The Kier molecular flexibility index (Phi) is 5.82. The van der Waals surface area contributed by atoms with Gasteiger partial charge in [-0.3, -0.25) is 4.90 Å². The number of hydrogen-bond acceptors (Lipinski definition) is 4. The highest BCUT2D eigenvalue weighted by atomic mass is 32.1. The molecule has 0 aliphatic carbocycles. The molecule has 0 radical (unpaired) electrons. The molecular formula is C15H26N2OS. The summed E-state index contributed by atoms with van der Waals surface area (Å²) >= 11 is 1.85. The van der Waals surface area contributed by atoms with Gasteiger partial charge in [0.1, 0.15) is 0 Å². The van der Waals surface area contributed by atoms with Crippen LogP contribution in [0.1, 0.15) is 25.6 Å². The molecule has 1 N–H and O–H groups in total. The zero-order valence-corrected chi connectivity index (χ0v) is 13.1. The minimum absolute atomic E-state index is 0.523. The summed E-state index contributed by atoms with van der Waals surface area (Å²) in [5.41, 5.74) is 0. The molecule has 2 atom stereocenters. The van der Waals surface area contributed by atoms with E-state index in [0.29, 0.717) is 18.0 Å². The van der Waals surface area contributed by atoms with Crippen LogP contribution >= 0.6 is 11.3 Å². The van der Waals surface area contributed by atoms with Gasteiger partial charge < -0.3 is 10.1 Å². The third-order valence-corrected chi connectivity index (χ3v) is 4.66. The molecule has 4 heteroatoms. The molecule has 0 spiro atoms. The lowest BCUT2D eigenvalue weighted by Crippen LogP contribution is -2.43. The summed E-state index contributed by atoms with van der Waals surface area (Å²) in [7, 11) is 0. The van der Waals surface area contributed by atoms with Crippen LogP contribution in [0.25, 0.3) is 0 Å². The quantitative estimate of drug-likeness (QED) is 0.832. The fourth-order valence-corrected chi connectivity index (χ4v) is 3.36. The second kappa shape index (κ2) is 7.39. The molecule has 0 saturated carbocycles. The van der Waals surface area contributed by atoms with E-state index in [4.69, 9.17) is 4.74 Å². The number of ether oxygens (including phenoxy) is 1. The normalized spacial score (nSPS) is 23.6. The highest BCUT2D eigenvalue weighted by Crippen LogP contribution is 2.20. The smallest absolute Gasteiger partial charge is 0.0623 e. The zero-order chi connectivity index (χ0) is 13.7. The largest absolute Gasteiger partial charge is 0.379 e. The molecule has 108 valence electrons. The molecule has 0 aromatic carbocycles. The van der Waals surface area contributed by atoms with E-state index >= 15 is 0 Å². The first-order valence-corrected chi connectivity index (χ1v) is 8.16. The summed E-state index contributed by atoms with van der Waals surface area (Å²) in [4.78, 5) is 4.02. The van der Waals surface area contributed by atoms with Crippen molar-refractivity contribution in [3.63, 3.8) is 0 Å². The van der Waals surface area contributed by atoms with Gasteiger partial charge >= 0.3 is 0 Å². The molecule has 1 saturated heterocycles. The van der Waals surface area contributed by atoms with Crippen molar-refractivity contribution in [3.05, 3.63) is 22.4 Å². The van der Waals surface area contributed by atoms with E-state index in [9.17, 15) is 0 Å². The van der Waals surface area contributed by atoms with Gasteiger partial charge in [-0.1, -0.05) is 13.0 Å². The van der Waals surface area contributed by atoms with Crippen LogP contribution in [0.5, 0.6) is 0 Å². The SMILES string of the molecule is CCNC1COCC1CN(Cc1cccs1)C(C)C. The lowest BCUT2D eigenvalue weighted by atomic mass is 10.0. The highest BCUT2D eigenvalue weighted by Gasteiger charge is 2.29. The van der Waals surface area contributed by atoms with Gasteiger partial charge in [-0.25, -0.2) is 0 Å². The third kappa shape index (κ3) is 4.28. The Hall–Kier alpha value is -0.420. The number of nitrogens with zero attached hydrogens (tertiary/aromatic N) is 1. The Morgan fingerprint density at radius 3 is 2.95 bits per heavy atom. The number of nitrogens with one attached hydrogen (secondary N) is 1. The Bertz CT molecular complexity index is 353. The van der Waals surface area contributed by atoms with Crippen LogP contribution in [0.15, 0.2) is 17.5 Å². The van der Waals surface area contributed by atoms with Crippen LogP contribution in [0, 0.1) is 5.92 Å². The van der Waals surface area contributed by atoms with Crippen molar-refractivity contribution in [1.29, 1.82) is 0 Å². The van der Waals surface area contributed by atoms with Gasteiger partial charge in [-0.15, -0.1) is 11.3 Å². The molecule has 0 bridgehead atoms. The van der Waals surface area contributed by atoms with Gasteiger partial charge in [-0.2, -0.15) is 0 Å². The Labute approximate surface area is 121 Å². The van der Waals surface area contributed by atoms with Gasteiger partial charge in [0, 0.05) is 36.0 Å². The second-order valence-electron chi connectivity index (χ2n) is 5.56. The van der Waals surface area contributed by atoms with Crippen molar-refractivity contribution in [2.24, 2.45) is 5.92 Å². The number of thiophene rings is 1. The fraction of sp³-hybridized carbons (Fsp3) is 0.733. The summed E-state index contributed by atoms with van der Waals surface area (Å²) in [6, 6.07) is 5.46.